The minimum atomic E-state index is -3.78. The van der Waals surface area contributed by atoms with Crippen LogP contribution in [0.4, 0.5) is 10.1 Å². The number of nitrogens with zero attached hydrogens (tertiary/aromatic N) is 1. The molecule has 0 saturated carbocycles. The molecular formula is C19H20ClFN2O4S. The maximum atomic E-state index is 13.2. The highest BCUT2D eigenvalue weighted by molar-refractivity contribution is 7.89. The Balaban J connectivity index is 1.80. The third kappa shape index (κ3) is 4.70. The number of aliphatic hydroxyl groups excluding tert-OH is 1. The van der Waals surface area contributed by atoms with Gasteiger partial charge in [0.15, 0.2) is 0 Å². The second kappa shape index (κ2) is 8.57. The van der Waals surface area contributed by atoms with Crippen LogP contribution in [0.3, 0.4) is 0 Å². The standard InChI is InChI=1S/C19H20ClFN2O4S/c20-17-12-14(6-7-18(17)21)22-19(25)13-3-1-5-16(11-13)28(26,27)23-9-2-4-15(24)8-10-23/h1,3,5-7,11-12,15,24H,2,4,8-10H2,(H,22,25). The topological polar surface area (TPSA) is 86.7 Å². The predicted molar refractivity (Wildman–Crippen MR) is 104 cm³/mol. The molecule has 1 aliphatic rings. The molecule has 6 nitrogen and oxygen atoms in total. The summed E-state index contributed by atoms with van der Waals surface area (Å²) in [7, 11) is -3.78. The summed E-state index contributed by atoms with van der Waals surface area (Å²) in [6.45, 7) is 0.553. The maximum absolute atomic E-state index is 13.2. The molecule has 1 atom stereocenters. The summed E-state index contributed by atoms with van der Waals surface area (Å²) in [5.41, 5.74) is 0.447. The zero-order chi connectivity index (χ0) is 20.3. The van der Waals surface area contributed by atoms with E-state index in [-0.39, 0.29) is 22.0 Å². The molecule has 9 heteroatoms. The lowest BCUT2D eigenvalue weighted by atomic mass is 10.2. The van der Waals surface area contributed by atoms with Gasteiger partial charge in [-0.1, -0.05) is 17.7 Å². The van der Waals surface area contributed by atoms with Crippen molar-refractivity contribution in [3.05, 3.63) is 58.9 Å². The fraction of sp³-hybridized carbons (Fsp3) is 0.316. The van der Waals surface area contributed by atoms with E-state index in [1.54, 1.807) is 0 Å². The van der Waals surface area contributed by atoms with E-state index in [0.29, 0.717) is 31.5 Å². The highest BCUT2D eigenvalue weighted by Gasteiger charge is 2.27. The van der Waals surface area contributed by atoms with Crippen LogP contribution in [0.1, 0.15) is 29.6 Å². The number of hydrogen-bond acceptors (Lipinski definition) is 4. The van der Waals surface area contributed by atoms with Crippen LogP contribution in [-0.2, 0) is 10.0 Å². The molecule has 3 rings (SSSR count). The molecule has 0 bridgehead atoms. The number of anilines is 1. The molecule has 2 N–H and O–H groups in total. The highest BCUT2D eigenvalue weighted by atomic mass is 35.5. The predicted octanol–water partition coefficient (Wildman–Crippen LogP) is 3.27. The fourth-order valence-corrected chi connectivity index (χ4v) is 4.74. The quantitative estimate of drug-likeness (QED) is 0.785. The molecule has 150 valence electrons. The van der Waals surface area contributed by atoms with Crippen molar-refractivity contribution in [1.29, 1.82) is 0 Å². The Morgan fingerprint density at radius 2 is 1.96 bits per heavy atom. The first-order valence-electron chi connectivity index (χ1n) is 8.82. The van der Waals surface area contributed by atoms with Crippen LogP contribution in [0.25, 0.3) is 0 Å². The van der Waals surface area contributed by atoms with E-state index in [0.717, 1.165) is 6.07 Å². The lowest BCUT2D eigenvalue weighted by molar-refractivity contribution is 0.102. The number of halogens is 2. The van der Waals surface area contributed by atoms with Gasteiger partial charge in [0, 0.05) is 24.3 Å². The summed E-state index contributed by atoms with van der Waals surface area (Å²) >= 11 is 5.71. The summed E-state index contributed by atoms with van der Waals surface area (Å²) < 4.78 is 40.4. The first-order valence-corrected chi connectivity index (χ1v) is 10.6. The molecule has 2 aromatic carbocycles. The molecule has 1 aliphatic heterocycles. The van der Waals surface area contributed by atoms with E-state index in [2.05, 4.69) is 5.32 Å². The van der Waals surface area contributed by atoms with Crippen molar-refractivity contribution in [2.45, 2.75) is 30.3 Å². The van der Waals surface area contributed by atoms with Crippen molar-refractivity contribution < 1.29 is 22.7 Å². The zero-order valence-electron chi connectivity index (χ0n) is 14.9. The van der Waals surface area contributed by atoms with E-state index in [1.807, 2.05) is 0 Å². The lowest BCUT2D eigenvalue weighted by Crippen LogP contribution is -2.32. The highest BCUT2D eigenvalue weighted by Crippen LogP contribution is 2.23. The molecule has 1 heterocycles. The van der Waals surface area contributed by atoms with E-state index in [9.17, 15) is 22.7 Å². The molecule has 1 fully saturated rings. The molecule has 0 radical (unpaired) electrons. The average Bonchev–Trinajstić information content (AvgIpc) is 2.90. The van der Waals surface area contributed by atoms with Crippen LogP contribution in [0.2, 0.25) is 5.02 Å². The largest absolute Gasteiger partial charge is 0.393 e. The SMILES string of the molecule is O=C(Nc1ccc(F)c(Cl)c1)c1cccc(S(=O)(=O)N2CCCC(O)CC2)c1. The van der Waals surface area contributed by atoms with Crippen molar-refractivity contribution >= 4 is 33.2 Å². The van der Waals surface area contributed by atoms with Crippen LogP contribution >= 0.6 is 11.6 Å². The Morgan fingerprint density at radius 1 is 1.18 bits per heavy atom. The third-order valence-corrected chi connectivity index (χ3v) is 6.75. The maximum Gasteiger partial charge on any atom is 0.255 e. The molecule has 0 aromatic heterocycles. The van der Waals surface area contributed by atoms with Gasteiger partial charge in [0.05, 0.1) is 16.0 Å². The second-order valence-corrected chi connectivity index (χ2v) is 8.94. The Morgan fingerprint density at radius 3 is 2.71 bits per heavy atom. The van der Waals surface area contributed by atoms with Crippen LogP contribution < -0.4 is 5.32 Å². The summed E-state index contributed by atoms with van der Waals surface area (Å²) in [4.78, 5) is 12.5. The number of benzene rings is 2. The molecule has 2 aromatic rings. The van der Waals surface area contributed by atoms with Crippen molar-refractivity contribution in [3.63, 3.8) is 0 Å². The first kappa shape index (κ1) is 20.7. The van der Waals surface area contributed by atoms with E-state index in [4.69, 9.17) is 11.6 Å². The Labute approximate surface area is 168 Å². The first-order chi connectivity index (χ1) is 13.3. The number of carbonyl (C=O) groups is 1. The Hall–Kier alpha value is -2.00. The van der Waals surface area contributed by atoms with Gasteiger partial charge >= 0.3 is 0 Å². The van der Waals surface area contributed by atoms with Gasteiger partial charge in [-0.2, -0.15) is 4.31 Å². The van der Waals surface area contributed by atoms with Gasteiger partial charge < -0.3 is 10.4 Å². The van der Waals surface area contributed by atoms with Gasteiger partial charge in [0.2, 0.25) is 10.0 Å². The van der Waals surface area contributed by atoms with Crippen molar-refractivity contribution in [3.8, 4) is 0 Å². The van der Waals surface area contributed by atoms with Crippen LogP contribution in [0, 0.1) is 5.82 Å². The summed E-state index contributed by atoms with van der Waals surface area (Å²) in [6.07, 6.45) is 1.02. The number of hydrogen-bond donors (Lipinski definition) is 2. The van der Waals surface area contributed by atoms with Crippen molar-refractivity contribution in [1.82, 2.24) is 4.31 Å². The number of nitrogens with one attached hydrogen (secondary N) is 1. The second-order valence-electron chi connectivity index (χ2n) is 6.60. The zero-order valence-corrected chi connectivity index (χ0v) is 16.5. The normalized spacial score (nSPS) is 18.5. The summed E-state index contributed by atoms with van der Waals surface area (Å²) in [5.74, 6) is -1.14. The number of rotatable bonds is 4. The van der Waals surface area contributed by atoms with Crippen LogP contribution in [0.15, 0.2) is 47.4 Å². The van der Waals surface area contributed by atoms with Crippen LogP contribution in [0.5, 0.6) is 0 Å². The van der Waals surface area contributed by atoms with E-state index >= 15 is 0 Å². The summed E-state index contributed by atoms with van der Waals surface area (Å²) in [6, 6.07) is 9.49. The van der Waals surface area contributed by atoms with E-state index < -0.39 is 27.9 Å². The number of aliphatic hydroxyl groups is 1. The monoisotopic (exact) mass is 426 g/mol. The molecule has 1 amide bonds. The van der Waals surface area contributed by atoms with Crippen molar-refractivity contribution in [2.24, 2.45) is 0 Å². The number of carbonyl (C=O) groups excluding carboxylic acids is 1. The van der Waals surface area contributed by atoms with Gasteiger partial charge in [-0.05, 0) is 55.7 Å². The Kier molecular flexibility index (Phi) is 6.34. The Bertz CT molecular complexity index is 984. The summed E-state index contributed by atoms with van der Waals surface area (Å²) in [5, 5.41) is 12.2. The minimum absolute atomic E-state index is 0.00804. The van der Waals surface area contributed by atoms with Gasteiger partial charge in [-0.15, -0.1) is 0 Å². The third-order valence-electron chi connectivity index (χ3n) is 4.57. The fourth-order valence-electron chi connectivity index (χ4n) is 3.02. The van der Waals surface area contributed by atoms with Crippen molar-refractivity contribution in [2.75, 3.05) is 18.4 Å². The smallest absolute Gasteiger partial charge is 0.255 e. The number of sulfonamides is 1. The number of amides is 1. The molecule has 1 unspecified atom stereocenters. The molecular weight excluding hydrogens is 407 g/mol. The van der Waals surface area contributed by atoms with Gasteiger partial charge in [-0.3, -0.25) is 4.79 Å². The molecule has 1 saturated heterocycles. The molecule has 0 spiro atoms. The molecule has 28 heavy (non-hydrogen) atoms. The lowest BCUT2D eigenvalue weighted by Gasteiger charge is -2.20. The van der Waals surface area contributed by atoms with Gasteiger partial charge in [0.25, 0.3) is 5.91 Å². The molecule has 0 aliphatic carbocycles. The van der Waals surface area contributed by atoms with Gasteiger partial charge in [0.1, 0.15) is 5.82 Å². The minimum Gasteiger partial charge on any atom is -0.393 e. The van der Waals surface area contributed by atoms with E-state index in [1.165, 1.54) is 40.7 Å². The van der Waals surface area contributed by atoms with Gasteiger partial charge in [-0.25, -0.2) is 12.8 Å². The van der Waals surface area contributed by atoms with Crippen LogP contribution in [-0.4, -0.2) is 42.9 Å². The average molecular weight is 427 g/mol.